The zero-order valence-electron chi connectivity index (χ0n) is 13.2. The summed E-state index contributed by atoms with van der Waals surface area (Å²) in [6.45, 7) is 0. The van der Waals surface area contributed by atoms with Crippen molar-refractivity contribution in [2.24, 2.45) is 0 Å². The van der Waals surface area contributed by atoms with E-state index in [0.29, 0.717) is 0 Å². The number of aliphatic hydroxyl groups is 2. The van der Waals surface area contributed by atoms with E-state index in [-0.39, 0.29) is 0 Å². The largest absolute Gasteiger partial charge is 0.497 e. The van der Waals surface area contributed by atoms with Gasteiger partial charge in [0.2, 0.25) is 0 Å². The van der Waals surface area contributed by atoms with Crippen LogP contribution >= 0.6 is 0 Å². The maximum Gasteiger partial charge on any atom is 0.119 e. The molecule has 1 aliphatic rings. The van der Waals surface area contributed by atoms with Crippen LogP contribution in [0.2, 0.25) is 0 Å². The Morgan fingerprint density at radius 3 is 2.38 bits per heavy atom. The number of fused-ring (bicyclic) bond motifs is 2. The third kappa shape index (κ3) is 1.63. The Hall–Kier alpha value is -2.62. The molecule has 24 heavy (non-hydrogen) atoms. The molecule has 4 aromatic carbocycles. The Balaban J connectivity index is 2.08. The number of rotatable bonds is 1. The van der Waals surface area contributed by atoms with Gasteiger partial charge < -0.3 is 14.9 Å². The molecule has 5 rings (SSSR count). The molecule has 3 heteroatoms. The van der Waals surface area contributed by atoms with Crippen molar-refractivity contribution in [3.8, 4) is 5.75 Å². The van der Waals surface area contributed by atoms with Gasteiger partial charge in [0.1, 0.15) is 18.0 Å². The summed E-state index contributed by atoms with van der Waals surface area (Å²) in [5.41, 5.74) is 1.58. The fourth-order valence-corrected chi connectivity index (χ4v) is 4.01. The number of hydrogen-bond donors (Lipinski definition) is 2. The summed E-state index contributed by atoms with van der Waals surface area (Å²) in [5, 5.41) is 27.6. The lowest BCUT2D eigenvalue weighted by molar-refractivity contribution is 0.0179. The van der Waals surface area contributed by atoms with Gasteiger partial charge in [-0.2, -0.15) is 0 Å². The van der Waals surface area contributed by atoms with Crippen molar-refractivity contribution in [1.82, 2.24) is 0 Å². The summed E-state index contributed by atoms with van der Waals surface area (Å²) < 4.78 is 5.38. The van der Waals surface area contributed by atoms with Crippen LogP contribution in [0.25, 0.3) is 32.3 Å². The molecule has 2 atom stereocenters. The van der Waals surface area contributed by atoms with Crippen molar-refractivity contribution < 1.29 is 14.9 Å². The average Bonchev–Trinajstić information content (AvgIpc) is 2.63. The highest BCUT2D eigenvalue weighted by molar-refractivity contribution is 6.20. The standard InChI is InChI=1S/C21H16O3/c1-24-13-7-5-12-9-17-19-14(16(12)10-13)8-6-11-3-2-4-15(18(11)19)20(22)21(17)23/h2-10,20-23H,1H3/t20-,21-/m0/s1. The number of methoxy groups -OCH3 is 1. The molecule has 0 saturated carbocycles. The van der Waals surface area contributed by atoms with Crippen molar-refractivity contribution in [2.45, 2.75) is 12.2 Å². The van der Waals surface area contributed by atoms with Crippen molar-refractivity contribution >= 4 is 32.3 Å². The fraction of sp³-hybridized carbons (Fsp3) is 0.143. The van der Waals surface area contributed by atoms with E-state index in [1.165, 1.54) is 0 Å². The van der Waals surface area contributed by atoms with E-state index >= 15 is 0 Å². The second-order valence-electron chi connectivity index (χ2n) is 6.38. The average molecular weight is 316 g/mol. The summed E-state index contributed by atoms with van der Waals surface area (Å²) >= 11 is 0. The van der Waals surface area contributed by atoms with E-state index in [1.54, 1.807) is 7.11 Å². The Morgan fingerprint density at radius 2 is 1.54 bits per heavy atom. The minimum Gasteiger partial charge on any atom is -0.497 e. The highest BCUT2D eigenvalue weighted by atomic mass is 16.5. The summed E-state index contributed by atoms with van der Waals surface area (Å²) in [6.07, 6.45) is -1.82. The molecule has 0 amide bonds. The second kappa shape index (κ2) is 4.69. The highest BCUT2D eigenvalue weighted by Crippen LogP contribution is 2.47. The van der Waals surface area contributed by atoms with E-state index in [1.807, 2.05) is 42.5 Å². The van der Waals surface area contributed by atoms with Crippen molar-refractivity contribution in [1.29, 1.82) is 0 Å². The predicted octanol–water partition coefficient (Wildman–Crippen LogP) is 4.24. The van der Waals surface area contributed by atoms with E-state index in [4.69, 9.17) is 4.74 Å². The van der Waals surface area contributed by atoms with Gasteiger partial charge in [-0.25, -0.2) is 0 Å². The molecular weight excluding hydrogens is 300 g/mol. The first kappa shape index (κ1) is 13.8. The van der Waals surface area contributed by atoms with E-state index in [9.17, 15) is 10.2 Å². The summed E-state index contributed by atoms with van der Waals surface area (Å²) in [6, 6.07) is 18.0. The van der Waals surface area contributed by atoms with Crippen LogP contribution in [0, 0.1) is 0 Å². The third-order valence-electron chi connectivity index (χ3n) is 5.16. The molecule has 0 saturated heterocycles. The van der Waals surface area contributed by atoms with Gasteiger partial charge in [-0.15, -0.1) is 0 Å². The van der Waals surface area contributed by atoms with Gasteiger partial charge in [0.05, 0.1) is 7.11 Å². The van der Waals surface area contributed by atoms with Gasteiger partial charge in [-0.05, 0) is 61.6 Å². The lowest BCUT2D eigenvalue weighted by Gasteiger charge is -2.28. The molecule has 0 heterocycles. The molecule has 0 spiro atoms. The number of aliphatic hydroxyl groups excluding tert-OH is 2. The molecule has 0 aliphatic heterocycles. The third-order valence-corrected chi connectivity index (χ3v) is 5.16. The van der Waals surface area contributed by atoms with E-state index < -0.39 is 12.2 Å². The van der Waals surface area contributed by atoms with Crippen LogP contribution in [0.3, 0.4) is 0 Å². The van der Waals surface area contributed by atoms with E-state index in [0.717, 1.165) is 49.2 Å². The number of benzene rings is 4. The minimum atomic E-state index is -0.917. The normalized spacial score (nSPS) is 19.5. The maximum absolute atomic E-state index is 10.7. The first-order valence-corrected chi connectivity index (χ1v) is 8.01. The molecular formula is C21H16O3. The summed E-state index contributed by atoms with van der Waals surface area (Å²) in [5.74, 6) is 0.808. The molecule has 3 nitrogen and oxygen atoms in total. The molecule has 0 aromatic heterocycles. The molecule has 0 bridgehead atoms. The second-order valence-corrected chi connectivity index (χ2v) is 6.38. The smallest absolute Gasteiger partial charge is 0.119 e. The van der Waals surface area contributed by atoms with Gasteiger partial charge in [-0.3, -0.25) is 0 Å². The lowest BCUT2D eigenvalue weighted by atomic mass is 9.81. The van der Waals surface area contributed by atoms with Gasteiger partial charge in [0.15, 0.2) is 0 Å². The summed E-state index contributed by atoms with van der Waals surface area (Å²) in [7, 11) is 1.66. The zero-order valence-corrected chi connectivity index (χ0v) is 13.2. The van der Waals surface area contributed by atoms with Crippen LogP contribution < -0.4 is 4.74 Å². The quantitative estimate of drug-likeness (QED) is 0.517. The molecule has 0 unspecified atom stereocenters. The van der Waals surface area contributed by atoms with Crippen LogP contribution in [-0.4, -0.2) is 17.3 Å². The van der Waals surface area contributed by atoms with Crippen molar-refractivity contribution in [3.05, 3.63) is 65.7 Å². The monoisotopic (exact) mass is 316 g/mol. The Kier molecular flexibility index (Phi) is 2.70. The van der Waals surface area contributed by atoms with Crippen LogP contribution in [0.4, 0.5) is 0 Å². The van der Waals surface area contributed by atoms with Crippen LogP contribution in [0.5, 0.6) is 5.75 Å². The van der Waals surface area contributed by atoms with Crippen molar-refractivity contribution in [3.63, 3.8) is 0 Å². The van der Waals surface area contributed by atoms with Crippen LogP contribution in [0.1, 0.15) is 23.3 Å². The molecule has 0 radical (unpaired) electrons. The highest BCUT2D eigenvalue weighted by Gasteiger charge is 2.30. The summed E-state index contributed by atoms with van der Waals surface area (Å²) in [4.78, 5) is 0. The lowest BCUT2D eigenvalue weighted by Crippen LogP contribution is -2.15. The Bertz CT molecular complexity index is 1130. The molecule has 0 fully saturated rings. The number of hydrogen-bond acceptors (Lipinski definition) is 3. The Labute approximate surface area is 138 Å². The van der Waals surface area contributed by atoms with Gasteiger partial charge in [0.25, 0.3) is 0 Å². The molecule has 2 N–H and O–H groups in total. The zero-order chi connectivity index (χ0) is 16.4. The van der Waals surface area contributed by atoms with Gasteiger partial charge >= 0.3 is 0 Å². The van der Waals surface area contributed by atoms with E-state index in [2.05, 4.69) is 12.1 Å². The SMILES string of the molecule is COc1ccc2cc3c4c(ccc5cccc(c54)[C@H](O)[C@H]3O)c2c1. The van der Waals surface area contributed by atoms with Gasteiger partial charge in [0, 0.05) is 0 Å². The Morgan fingerprint density at radius 1 is 0.750 bits per heavy atom. The predicted molar refractivity (Wildman–Crippen MR) is 95.4 cm³/mol. The van der Waals surface area contributed by atoms with Gasteiger partial charge in [-0.1, -0.05) is 36.4 Å². The molecule has 1 aliphatic carbocycles. The topological polar surface area (TPSA) is 49.7 Å². The molecule has 118 valence electrons. The molecule has 4 aromatic rings. The number of ether oxygens (including phenoxy) is 1. The fourth-order valence-electron chi connectivity index (χ4n) is 4.01. The first-order valence-electron chi connectivity index (χ1n) is 8.01. The first-order chi connectivity index (χ1) is 11.7. The van der Waals surface area contributed by atoms with Crippen molar-refractivity contribution in [2.75, 3.05) is 7.11 Å². The maximum atomic E-state index is 10.7. The van der Waals surface area contributed by atoms with Crippen LogP contribution in [0.15, 0.2) is 54.6 Å². The minimum absolute atomic E-state index is 0.791. The van der Waals surface area contributed by atoms with Crippen LogP contribution in [-0.2, 0) is 0 Å².